The molecular weight excluding hydrogens is 411 g/mol. The largest absolute Gasteiger partial charge is 0.573 e. The van der Waals surface area contributed by atoms with Gasteiger partial charge in [-0.1, -0.05) is 12.1 Å². The molecule has 0 radical (unpaired) electrons. The first-order valence-electron chi connectivity index (χ1n) is 8.53. The van der Waals surface area contributed by atoms with Crippen molar-refractivity contribution in [2.75, 3.05) is 12.3 Å². The third-order valence-electron chi connectivity index (χ3n) is 3.09. The number of alkyl halides is 3. The summed E-state index contributed by atoms with van der Waals surface area (Å²) in [5.74, 6) is -0.757. The van der Waals surface area contributed by atoms with Crippen LogP contribution >= 0.6 is 11.8 Å². The number of alkyl carbamates (subject to hydrolysis) is 1. The Balaban J connectivity index is 2.76. The predicted molar refractivity (Wildman–Crippen MR) is 100 cm³/mol. The van der Waals surface area contributed by atoms with Crippen LogP contribution in [0, 0.1) is 11.3 Å². The SMILES string of the molecule is CC(C)(C)OC(=O)N[C@@H](CCSc1ccccc1OC(F)(F)F)C(=O)NCC#N. The number of nitriles is 1. The number of hydrogen-bond donors (Lipinski definition) is 2. The summed E-state index contributed by atoms with van der Waals surface area (Å²) in [4.78, 5) is 24.4. The highest BCUT2D eigenvalue weighted by atomic mass is 32.2. The zero-order valence-corrected chi connectivity index (χ0v) is 16.9. The Morgan fingerprint density at radius 1 is 1.24 bits per heavy atom. The van der Waals surface area contributed by atoms with E-state index < -0.39 is 30.0 Å². The summed E-state index contributed by atoms with van der Waals surface area (Å²) < 4.78 is 46.6. The summed E-state index contributed by atoms with van der Waals surface area (Å²) in [5.41, 5.74) is -0.777. The molecule has 0 bridgehead atoms. The van der Waals surface area contributed by atoms with Crippen LogP contribution in [0.5, 0.6) is 5.75 Å². The number of nitrogens with one attached hydrogen (secondary N) is 2. The fraction of sp³-hybridized carbons (Fsp3) is 0.500. The number of carbonyl (C=O) groups is 2. The lowest BCUT2D eigenvalue weighted by molar-refractivity contribution is -0.275. The van der Waals surface area contributed by atoms with E-state index in [1.54, 1.807) is 32.9 Å². The maximum absolute atomic E-state index is 12.5. The number of carbonyl (C=O) groups excluding carboxylic acids is 2. The van der Waals surface area contributed by atoms with Crippen molar-refractivity contribution in [3.05, 3.63) is 24.3 Å². The normalized spacial score (nSPS) is 12.4. The molecule has 0 aliphatic rings. The Kier molecular flexibility index (Phi) is 9.10. The minimum atomic E-state index is -4.82. The first kappa shape index (κ1) is 24.4. The number of nitrogens with zero attached hydrogens (tertiary/aromatic N) is 1. The molecule has 1 atom stereocenters. The molecule has 1 aromatic rings. The third kappa shape index (κ3) is 10.5. The van der Waals surface area contributed by atoms with Gasteiger partial charge in [-0.2, -0.15) is 5.26 Å². The van der Waals surface area contributed by atoms with E-state index in [-0.39, 0.29) is 29.4 Å². The quantitative estimate of drug-likeness (QED) is 0.480. The molecule has 0 aromatic heterocycles. The van der Waals surface area contributed by atoms with Crippen molar-refractivity contribution in [1.29, 1.82) is 5.26 Å². The van der Waals surface area contributed by atoms with Crippen molar-refractivity contribution >= 4 is 23.8 Å². The van der Waals surface area contributed by atoms with Gasteiger partial charge < -0.3 is 20.1 Å². The molecular formula is C18H22F3N3O4S. The topological polar surface area (TPSA) is 100 Å². The standard InChI is InChI=1S/C18H22F3N3O4S/c1-17(2,3)28-16(26)24-12(15(25)23-10-9-22)8-11-29-14-7-5-4-6-13(14)27-18(19,20)21/h4-7,12H,8,10-11H2,1-3H3,(H,23,25)(H,24,26)/t12-/m0/s1. The van der Waals surface area contributed by atoms with Crippen LogP contribution in [0.1, 0.15) is 27.2 Å². The average molecular weight is 433 g/mol. The number of para-hydroxylation sites is 1. The number of rotatable bonds is 8. The first-order chi connectivity index (χ1) is 13.4. The summed E-state index contributed by atoms with van der Waals surface area (Å²) in [5, 5.41) is 13.3. The van der Waals surface area contributed by atoms with Gasteiger partial charge in [-0.3, -0.25) is 4.79 Å². The predicted octanol–water partition coefficient (Wildman–Crippen LogP) is 3.60. The Bertz CT molecular complexity index is 745. The summed E-state index contributed by atoms with van der Waals surface area (Å²) in [6.45, 7) is 4.72. The molecule has 0 spiro atoms. The molecule has 160 valence electrons. The Morgan fingerprint density at radius 2 is 1.90 bits per heavy atom. The zero-order valence-electron chi connectivity index (χ0n) is 16.1. The molecule has 0 aliphatic heterocycles. The summed E-state index contributed by atoms with van der Waals surface area (Å²) in [6.07, 6.45) is -5.56. The van der Waals surface area contributed by atoms with Crippen LogP contribution < -0.4 is 15.4 Å². The van der Waals surface area contributed by atoms with Crippen molar-refractivity contribution in [3.8, 4) is 11.8 Å². The van der Waals surface area contributed by atoms with E-state index in [1.807, 2.05) is 0 Å². The second-order valence-electron chi connectivity index (χ2n) is 6.71. The lowest BCUT2D eigenvalue weighted by atomic mass is 10.2. The van der Waals surface area contributed by atoms with Gasteiger partial charge >= 0.3 is 12.5 Å². The van der Waals surface area contributed by atoms with Gasteiger partial charge in [0, 0.05) is 10.6 Å². The maximum Gasteiger partial charge on any atom is 0.573 e. The van der Waals surface area contributed by atoms with Gasteiger partial charge in [-0.25, -0.2) is 4.79 Å². The van der Waals surface area contributed by atoms with Gasteiger partial charge in [0.1, 0.15) is 23.9 Å². The smallest absolute Gasteiger partial charge is 0.444 e. The van der Waals surface area contributed by atoms with Crippen LogP contribution in [0.4, 0.5) is 18.0 Å². The highest BCUT2D eigenvalue weighted by Gasteiger charge is 2.32. The van der Waals surface area contributed by atoms with Crippen molar-refractivity contribution in [1.82, 2.24) is 10.6 Å². The fourth-order valence-electron chi connectivity index (χ4n) is 2.03. The van der Waals surface area contributed by atoms with Crippen molar-refractivity contribution in [3.63, 3.8) is 0 Å². The number of amides is 2. The molecule has 1 aromatic carbocycles. The lowest BCUT2D eigenvalue weighted by Crippen LogP contribution is -2.48. The van der Waals surface area contributed by atoms with E-state index in [2.05, 4.69) is 15.4 Å². The summed E-state index contributed by atoms with van der Waals surface area (Å²) in [6, 6.07) is 6.34. The summed E-state index contributed by atoms with van der Waals surface area (Å²) in [7, 11) is 0. The van der Waals surface area contributed by atoms with E-state index in [0.29, 0.717) is 0 Å². The molecule has 29 heavy (non-hydrogen) atoms. The Hall–Kier alpha value is -2.61. The first-order valence-corrected chi connectivity index (χ1v) is 9.51. The molecule has 0 unspecified atom stereocenters. The van der Waals surface area contributed by atoms with Crippen molar-refractivity contribution in [2.24, 2.45) is 0 Å². The number of ether oxygens (including phenoxy) is 2. The maximum atomic E-state index is 12.5. The molecule has 0 heterocycles. The van der Waals surface area contributed by atoms with Crippen LogP contribution in [0.25, 0.3) is 0 Å². The molecule has 0 fully saturated rings. The molecule has 7 nitrogen and oxygen atoms in total. The highest BCUT2D eigenvalue weighted by Crippen LogP contribution is 2.33. The van der Waals surface area contributed by atoms with Gasteiger partial charge in [0.25, 0.3) is 0 Å². The fourth-order valence-corrected chi connectivity index (χ4v) is 3.03. The second kappa shape index (κ2) is 10.8. The molecule has 2 amide bonds. The van der Waals surface area contributed by atoms with Crippen molar-refractivity contribution in [2.45, 2.75) is 50.1 Å². The molecule has 2 N–H and O–H groups in total. The van der Waals surface area contributed by atoms with E-state index >= 15 is 0 Å². The van der Waals surface area contributed by atoms with Crippen LogP contribution in [-0.4, -0.2) is 42.3 Å². The molecule has 0 saturated carbocycles. The van der Waals surface area contributed by atoms with Crippen LogP contribution in [0.2, 0.25) is 0 Å². The van der Waals surface area contributed by atoms with Gasteiger partial charge in [-0.15, -0.1) is 24.9 Å². The molecule has 0 saturated heterocycles. The van der Waals surface area contributed by atoms with Crippen molar-refractivity contribution < 1.29 is 32.2 Å². The lowest BCUT2D eigenvalue weighted by Gasteiger charge is -2.23. The molecule has 11 heteroatoms. The number of halogens is 3. The summed E-state index contributed by atoms with van der Waals surface area (Å²) >= 11 is 1.04. The Labute approximate surface area is 170 Å². The van der Waals surface area contributed by atoms with E-state index in [1.165, 1.54) is 18.2 Å². The number of hydrogen-bond acceptors (Lipinski definition) is 6. The minimum Gasteiger partial charge on any atom is -0.444 e. The Morgan fingerprint density at radius 3 is 2.48 bits per heavy atom. The average Bonchev–Trinajstić information content (AvgIpc) is 2.57. The second-order valence-corrected chi connectivity index (χ2v) is 7.84. The molecule has 0 aliphatic carbocycles. The van der Waals surface area contributed by atoms with Crippen LogP contribution in [0.3, 0.4) is 0 Å². The highest BCUT2D eigenvalue weighted by molar-refractivity contribution is 7.99. The van der Waals surface area contributed by atoms with E-state index in [4.69, 9.17) is 10.00 Å². The van der Waals surface area contributed by atoms with Gasteiger partial charge in [0.05, 0.1) is 6.07 Å². The van der Waals surface area contributed by atoms with E-state index in [9.17, 15) is 22.8 Å². The number of thioether (sulfide) groups is 1. The van der Waals surface area contributed by atoms with Gasteiger partial charge in [0.2, 0.25) is 5.91 Å². The van der Waals surface area contributed by atoms with E-state index in [0.717, 1.165) is 11.8 Å². The zero-order chi connectivity index (χ0) is 22.1. The minimum absolute atomic E-state index is 0.0848. The third-order valence-corrected chi connectivity index (χ3v) is 4.18. The van der Waals surface area contributed by atoms with Gasteiger partial charge in [-0.05, 0) is 39.3 Å². The van der Waals surface area contributed by atoms with Gasteiger partial charge in [0.15, 0.2) is 0 Å². The van der Waals surface area contributed by atoms with Crippen LogP contribution in [0.15, 0.2) is 29.2 Å². The molecule has 1 rings (SSSR count). The monoisotopic (exact) mass is 433 g/mol. The van der Waals surface area contributed by atoms with Crippen LogP contribution in [-0.2, 0) is 9.53 Å². The number of benzene rings is 1.